The number of carbonyl (C=O) groups excluding carboxylic acids is 2. The number of anilines is 1. The molecule has 148 valence electrons. The Morgan fingerprint density at radius 3 is 2.28 bits per heavy atom. The summed E-state index contributed by atoms with van der Waals surface area (Å²) in [6, 6.07) is 19.3. The molecular formula is C23H22N2O4. The molecule has 6 heteroatoms. The summed E-state index contributed by atoms with van der Waals surface area (Å²) >= 11 is 0. The van der Waals surface area contributed by atoms with Crippen molar-refractivity contribution < 1.29 is 19.1 Å². The van der Waals surface area contributed by atoms with Gasteiger partial charge in [0.1, 0.15) is 18.1 Å². The average Bonchev–Trinajstić information content (AvgIpc) is 2.73. The molecule has 3 aromatic rings. The number of primary amides is 1. The number of nitrogens with one attached hydrogen (secondary N) is 1. The molecule has 0 fully saturated rings. The van der Waals surface area contributed by atoms with Crippen molar-refractivity contribution in [3.05, 3.63) is 89.0 Å². The fourth-order valence-electron chi connectivity index (χ4n) is 2.83. The van der Waals surface area contributed by atoms with Gasteiger partial charge in [-0.05, 0) is 61.0 Å². The summed E-state index contributed by atoms with van der Waals surface area (Å²) in [4.78, 5) is 23.8. The maximum atomic E-state index is 12.6. The standard InChI is InChI=1S/C23H22N2O4/c1-15-5-3-4-6-20(15)29-14-18-13-17(9-12-21(18)28-2)23(27)25-19-10-7-16(8-11-19)22(24)26/h3-13H,14H2,1-2H3,(H2,24,26)(H,25,27). The molecule has 6 nitrogen and oxygen atoms in total. The second-order valence-electron chi connectivity index (χ2n) is 6.48. The van der Waals surface area contributed by atoms with E-state index >= 15 is 0 Å². The Morgan fingerprint density at radius 2 is 1.62 bits per heavy atom. The summed E-state index contributed by atoms with van der Waals surface area (Å²) < 4.78 is 11.3. The zero-order chi connectivity index (χ0) is 20.8. The van der Waals surface area contributed by atoms with E-state index in [1.54, 1.807) is 49.6 Å². The van der Waals surface area contributed by atoms with Crippen LogP contribution in [0.3, 0.4) is 0 Å². The van der Waals surface area contributed by atoms with Crippen LogP contribution in [-0.4, -0.2) is 18.9 Å². The molecule has 0 aromatic heterocycles. The van der Waals surface area contributed by atoms with Crippen molar-refractivity contribution >= 4 is 17.5 Å². The number of aryl methyl sites for hydroxylation is 1. The smallest absolute Gasteiger partial charge is 0.255 e. The van der Waals surface area contributed by atoms with Crippen LogP contribution in [0.5, 0.6) is 11.5 Å². The molecule has 3 aromatic carbocycles. The maximum absolute atomic E-state index is 12.6. The topological polar surface area (TPSA) is 90.6 Å². The quantitative estimate of drug-likeness (QED) is 0.639. The normalized spacial score (nSPS) is 10.3. The van der Waals surface area contributed by atoms with Gasteiger partial charge in [0.25, 0.3) is 5.91 Å². The minimum Gasteiger partial charge on any atom is -0.496 e. The molecule has 0 radical (unpaired) electrons. The predicted octanol–water partition coefficient (Wildman–Crippen LogP) is 3.93. The van der Waals surface area contributed by atoms with Gasteiger partial charge in [-0.15, -0.1) is 0 Å². The van der Waals surface area contributed by atoms with Gasteiger partial charge in [0.15, 0.2) is 0 Å². The molecule has 0 aliphatic carbocycles. The first-order valence-electron chi connectivity index (χ1n) is 9.04. The highest BCUT2D eigenvalue weighted by Crippen LogP contribution is 2.24. The van der Waals surface area contributed by atoms with E-state index in [4.69, 9.17) is 15.2 Å². The van der Waals surface area contributed by atoms with Crippen LogP contribution >= 0.6 is 0 Å². The Balaban J connectivity index is 1.75. The number of hydrogen-bond donors (Lipinski definition) is 2. The van der Waals surface area contributed by atoms with Crippen LogP contribution in [-0.2, 0) is 6.61 Å². The minimum atomic E-state index is -0.517. The lowest BCUT2D eigenvalue weighted by Gasteiger charge is -2.13. The molecule has 0 bridgehead atoms. The molecule has 0 unspecified atom stereocenters. The second-order valence-corrected chi connectivity index (χ2v) is 6.48. The van der Waals surface area contributed by atoms with Gasteiger partial charge in [-0.1, -0.05) is 18.2 Å². The van der Waals surface area contributed by atoms with Crippen LogP contribution in [0.15, 0.2) is 66.7 Å². The van der Waals surface area contributed by atoms with Crippen molar-refractivity contribution in [1.82, 2.24) is 0 Å². The lowest BCUT2D eigenvalue weighted by molar-refractivity contribution is 0.0998. The Bertz CT molecular complexity index is 1030. The predicted molar refractivity (Wildman–Crippen MR) is 111 cm³/mol. The first kappa shape index (κ1) is 19.9. The van der Waals surface area contributed by atoms with Crippen LogP contribution in [0, 0.1) is 6.92 Å². The molecule has 0 aliphatic rings. The Kier molecular flexibility index (Phi) is 6.14. The largest absolute Gasteiger partial charge is 0.496 e. The van der Waals surface area contributed by atoms with Crippen LogP contribution in [0.2, 0.25) is 0 Å². The molecule has 3 rings (SSSR count). The van der Waals surface area contributed by atoms with Gasteiger partial charge in [0, 0.05) is 22.4 Å². The van der Waals surface area contributed by atoms with Crippen molar-refractivity contribution in [1.29, 1.82) is 0 Å². The molecular weight excluding hydrogens is 368 g/mol. The number of ether oxygens (including phenoxy) is 2. The highest BCUT2D eigenvalue weighted by Gasteiger charge is 2.12. The molecule has 0 saturated heterocycles. The number of methoxy groups -OCH3 is 1. The summed E-state index contributed by atoms with van der Waals surface area (Å²) in [5.74, 6) is 0.618. The van der Waals surface area contributed by atoms with Crippen LogP contribution < -0.4 is 20.5 Å². The molecule has 0 aliphatic heterocycles. The van der Waals surface area contributed by atoms with Crippen molar-refractivity contribution in [3.8, 4) is 11.5 Å². The molecule has 29 heavy (non-hydrogen) atoms. The third kappa shape index (κ3) is 4.93. The summed E-state index contributed by atoms with van der Waals surface area (Å²) in [7, 11) is 1.58. The van der Waals surface area contributed by atoms with Crippen LogP contribution in [0.1, 0.15) is 31.8 Å². The van der Waals surface area contributed by atoms with Crippen molar-refractivity contribution in [2.45, 2.75) is 13.5 Å². The van der Waals surface area contributed by atoms with E-state index < -0.39 is 5.91 Å². The van der Waals surface area contributed by atoms with E-state index in [-0.39, 0.29) is 12.5 Å². The first-order chi connectivity index (χ1) is 14.0. The summed E-state index contributed by atoms with van der Waals surface area (Å²) in [5, 5.41) is 2.80. The average molecular weight is 390 g/mol. The highest BCUT2D eigenvalue weighted by molar-refractivity contribution is 6.04. The lowest BCUT2D eigenvalue weighted by Crippen LogP contribution is -2.14. The van der Waals surface area contributed by atoms with Gasteiger partial charge in [-0.25, -0.2) is 0 Å². The van der Waals surface area contributed by atoms with E-state index in [2.05, 4.69) is 5.32 Å². The molecule has 0 spiro atoms. The van der Waals surface area contributed by atoms with Gasteiger partial charge in [-0.2, -0.15) is 0 Å². The molecule has 0 saturated carbocycles. The third-order valence-electron chi connectivity index (χ3n) is 4.45. The SMILES string of the molecule is COc1ccc(C(=O)Nc2ccc(C(N)=O)cc2)cc1COc1ccccc1C. The maximum Gasteiger partial charge on any atom is 0.255 e. The zero-order valence-electron chi connectivity index (χ0n) is 16.3. The fourth-order valence-corrected chi connectivity index (χ4v) is 2.83. The summed E-state index contributed by atoms with van der Waals surface area (Å²) in [5.41, 5.74) is 8.42. The summed E-state index contributed by atoms with van der Waals surface area (Å²) in [6.07, 6.45) is 0. The van der Waals surface area contributed by atoms with Gasteiger partial charge in [0.2, 0.25) is 5.91 Å². The first-order valence-corrected chi connectivity index (χ1v) is 9.04. The van der Waals surface area contributed by atoms with Gasteiger partial charge < -0.3 is 20.5 Å². The Labute approximate surface area is 169 Å². The second kappa shape index (κ2) is 8.93. The number of para-hydroxylation sites is 1. The van der Waals surface area contributed by atoms with Crippen LogP contribution in [0.4, 0.5) is 5.69 Å². The number of rotatable bonds is 7. The Morgan fingerprint density at radius 1 is 0.931 bits per heavy atom. The zero-order valence-corrected chi connectivity index (χ0v) is 16.3. The monoisotopic (exact) mass is 390 g/mol. The van der Waals surface area contributed by atoms with Crippen molar-refractivity contribution in [2.75, 3.05) is 12.4 Å². The Hall–Kier alpha value is -3.80. The number of benzene rings is 3. The van der Waals surface area contributed by atoms with Crippen molar-refractivity contribution in [2.24, 2.45) is 5.73 Å². The van der Waals surface area contributed by atoms with Crippen molar-refractivity contribution in [3.63, 3.8) is 0 Å². The van der Waals surface area contributed by atoms with Gasteiger partial charge >= 0.3 is 0 Å². The van der Waals surface area contributed by atoms with E-state index in [0.29, 0.717) is 22.6 Å². The number of carbonyl (C=O) groups is 2. The third-order valence-corrected chi connectivity index (χ3v) is 4.45. The van der Waals surface area contributed by atoms with Gasteiger partial charge in [-0.3, -0.25) is 9.59 Å². The van der Waals surface area contributed by atoms with Gasteiger partial charge in [0.05, 0.1) is 7.11 Å². The minimum absolute atomic E-state index is 0.266. The van der Waals surface area contributed by atoms with E-state index in [1.165, 1.54) is 0 Å². The summed E-state index contributed by atoms with van der Waals surface area (Å²) in [6.45, 7) is 2.24. The number of nitrogens with two attached hydrogens (primary N) is 1. The van der Waals surface area contributed by atoms with E-state index in [0.717, 1.165) is 16.9 Å². The van der Waals surface area contributed by atoms with E-state index in [1.807, 2.05) is 31.2 Å². The molecule has 0 heterocycles. The van der Waals surface area contributed by atoms with E-state index in [9.17, 15) is 9.59 Å². The molecule has 2 amide bonds. The fraction of sp³-hybridized carbons (Fsp3) is 0.130. The molecule has 3 N–H and O–H groups in total. The van der Waals surface area contributed by atoms with Crippen LogP contribution in [0.25, 0.3) is 0 Å². The lowest BCUT2D eigenvalue weighted by atomic mass is 10.1. The highest BCUT2D eigenvalue weighted by atomic mass is 16.5. The molecule has 0 atom stereocenters. The number of hydrogen-bond acceptors (Lipinski definition) is 4. The number of amides is 2.